The first-order chi connectivity index (χ1) is 15.5. The zero-order chi connectivity index (χ0) is 24.1. The van der Waals surface area contributed by atoms with E-state index in [1.54, 1.807) is 4.90 Å². The third-order valence-corrected chi connectivity index (χ3v) is 6.81. The number of hydrogen-bond donors (Lipinski definition) is 1. The minimum absolute atomic E-state index is 0.0306. The zero-order valence-corrected chi connectivity index (χ0v) is 19.0. The van der Waals surface area contributed by atoms with Gasteiger partial charge in [-0.1, -0.05) is 6.92 Å². The molecule has 2 aliphatic rings. The van der Waals surface area contributed by atoms with Crippen LogP contribution in [0.4, 0.5) is 13.2 Å². The van der Waals surface area contributed by atoms with Crippen LogP contribution in [0.15, 0.2) is 12.1 Å². The summed E-state index contributed by atoms with van der Waals surface area (Å²) in [6.45, 7) is 4.12. The fourth-order valence-corrected chi connectivity index (χ4v) is 4.75. The van der Waals surface area contributed by atoms with Crippen LogP contribution in [-0.4, -0.2) is 62.5 Å². The van der Waals surface area contributed by atoms with E-state index in [0.717, 1.165) is 38.2 Å². The lowest BCUT2D eigenvalue weighted by molar-refractivity contribution is -0.142. The molecule has 2 atom stereocenters. The van der Waals surface area contributed by atoms with E-state index in [1.165, 1.54) is 24.9 Å². The van der Waals surface area contributed by atoms with Crippen molar-refractivity contribution in [1.82, 2.24) is 19.4 Å². The summed E-state index contributed by atoms with van der Waals surface area (Å²) in [6.07, 6.45) is -0.229. The lowest BCUT2D eigenvalue weighted by Gasteiger charge is -2.30. The Hall–Kier alpha value is -2.78. The number of rotatable bonds is 6. The van der Waals surface area contributed by atoms with Gasteiger partial charge in [0, 0.05) is 33.1 Å². The van der Waals surface area contributed by atoms with Crippen LogP contribution in [0.25, 0.3) is 5.52 Å². The van der Waals surface area contributed by atoms with Crippen LogP contribution >= 0.6 is 0 Å². The summed E-state index contributed by atoms with van der Waals surface area (Å²) in [5.41, 5.74) is -1.09. The standard InChI is InChI=1S/C23H29F3N4O3/c1-13-4-7-17(10-13)29(14(2)31)9-8-28(3)22(33)20-21(32)18-11-16(15-5-6-15)12-19(23(24,25)26)30(18)27-20/h11-13,15,17,32H,4-10H2,1-3H3. The molecule has 180 valence electrons. The number of alkyl halides is 3. The third kappa shape index (κ3) is 4.65. The van der Waals surface area contributed by atoms with Gasteiger partial charge in [-0.15, -0.1) is 0 Å². The number of aromatic hydroxyl groups is 1. The topological polar surface area (TPSA) is 78.2 Å². The van der Waals surface area contributed by atoms with E-state index in [9.17, 15) is 27.9 Å². The Kier molecular flexibility index (Phi) is 6.05. The number of fused-ring (bicyclic) bond motifs is 1. The van der Waals surface area contributed by atoms with Crippen molar-refractivity contribution in [3.8, 4) is 5.75 Å². The van der Waals surface area contributed by atoms with Crippen molar-refractivity contribution < 1.29 is 27.9 Å². The van der Waals surface area contributed by atoms with E-state index < -0.39 is 29.2 Å². The second-order valence-electron chi connectivity index (χ2n) is 9.45. The molecule has 4 rings (SSSR count). The summed E-state index contributed by atoms with van der Waals surface area (Å²) in [4.78, 5) is 28.2. The van der Waals surface area contributed by atoms with Crippen LogP contribution in [0.5, 0.6) is 5.75 Å². The molecule has 0 spiro atoms. The maximum Gasteiger partial charge on any atom is 0.433 e. The second kappa shape index (κ2) is 8.53. The molecule has 33 heavy (non-hydrogen) atoms. The van der Waals surface area contributed by atoms with Crippen molar-refractivity contribution in [2.24, 2.45) is 5.92 Å². The Morgan fingerprint density at radius 1 is 1.18 bits per heavy atom. The van der Waals surface area contributed by atoms with Gasteiger partial charge in [0.05, 0.1) is 0 Å². The van der Waals surface area contributed by atoms with Crippen molar-refractivity contribution in [1.29, 1.82) is 0 Å². The maximum absolute atomic E-state index is 13.7. The van der Waals surface area contributed by atoms with Gasteiger partial charge in [0.2, 0.25) is 5.91 Å². The quantitative estimate of drug-likeness (QED) is 0.697. The van der Waals surface area contributed by atoms with Crippen LogP contribution in [0.2, 0.25) is 0 Å². The average Bonchev–Trinajstić information content (AvgIpc) is 3.43. The molecule has 2 heterocycles. The molecule has 2 aliphatic carbocycles. The molecular formula is C23H29F3N4O3. The van der Waals surface area contributed by atoms with Gasteiger partial charge in [0.1, 0.15) is 11.2 Å². The van der Waals surface area contributed by atoms with E-state index >= 15 is 0 Å². The summed E-state index contributed by atoms with van der Waals surface area (Å²) >= 11 is 0. The number of carbonyl (C=O) groups is 2. The molecular weight excluding hydrogens is 437 g/mol. The number of amides is 2. The summed E-state index contributed by atoms with van der Waals surface area (Å²) < 4.78 is 41.6. The fraction of sp³-hybridized carbons (Fsp3) is 0.609. The molecule has 7 nitrogen and oxygen atoms in total. The van der Waals surface area contributed by atoms with Gasteiger partial charge in [-0.25, -0.2) is 4.52 Å². The molecule has 2 unspecified atom stereocenters. The van der Waals surface area contributed by atoms with Gasteiger partial charge in [-0.2, -0.15) is 18.3 Å². The number of nitrogens with zero attached hydrogens (tertiary/aromatic N) is 4. The first kappa shape index (κ1) is 23.4. The zero-order valence-electron chi connectivity index (χ0n) is 19.0. The summed E-state index contributed by atoms with van der Waals surface area (Å²) in [7, 11) is 1.49. The largest absolute Gasteiger partial charge is 0.504 e. The Morgan fingerprint density at radius 3 is 2.42 bits per heavy atom. The Balaban J connectivity index is 1.57. The number of likely N-dealkylation sites (N-methyl/N-ethyl adjacent to an activating group) is 1. The highest BCUT2D eigenvalue weighted by Crippen LogP contribution is 2.44. The van der Waals surface area contributed by atoms with Crippen molar-refractivity contribution in [2.75, 3.05) is 20.1 Å². The van der Waals surface area contributed by atoms with E-state index in [0.29, 0.717) is 22.5 Å². The first-order valence-electron chi connectivity index (χ1n) is 11.3. The minimum Gasteiger partial charge on any atom is -0.504 e. The predicted octanol–water partition coefficient (Wildman–Crippen LogP) is 4.05. The number of hydrogen-bond acceptors (Lipinski definition) is 4. The third-order valence-electron chi connectivity index (χ3n) is 6.81. The molecule has 0 saturated heterocycles. The average molecular weight is 467 g/mol. The number of carbonyl (C=O) groups excluding carboxylic acids is 2. The summed E-state index contributed by atoms with van der Waals surface area (Å²) in [5, 5.41) is 14.5. The molecule has 0 bridgehead atoms. The lowest BCUT2D eigenvalue weighted by atomic mass is 10.1. The maximum atomic E-state index is 13.7. The second-order valence-corrected chi connectivity index (χ2v) is 9.45. The van der Waals surface area contributed by atoms with Crippen molar-refractivity contribution in [3.05, 3.63) is 29.1 Å². The Labute approximate surface area is 190 Å². The Bertz CT molecular complexity index is 1080. The van der Waals surface area contributed by atoms with Crippen LogP contribution in [0, 0.1) is 5.92 Å². The highest BCUT2D eigenvalue weighted by atomic mass is 19.4. The Morgan fingerprint density at radius 2 is 1.88 bits per heavy atom. The molecule has 0 aliphatic heterocycles. The first-order valence-corrected chi connectivity index (χ1v) is 11.3. The number of halogens is 3. The van der Waals surface area contributed by atoms with Crippen LogP contribution < -0.4 is 0 Å². The van der Waals surface area contributed by atoms with Crippen molar-refractivity contribution in [2.45, 2.75) is 64.1 Å². The predicted molar refractivity (Wildman–Crippen MR) is 115 cm³/mol. The molecule has 2 aromatic heterocycles. The van der Waals surface area contributed by atoms with E-state index in [4.69, 9.17) is 0 Å². The SMILES string of the molecule is CC(=O)N(CCN(C)C(=O)c1nn2c(C(F)(F)F)cc(C3CC3)cc2c1O)C1CCC(C)C1. The fourth-order valence-electron chi connectivity index (χ4n) is 4.75. The highest BCUT2D eigenvalue weighted by molar-refractivity contribution is 5.97. The highest BCUT2D eigenvalue weighted by Gasteiger charge is 2.38. The molecule has 2 fully saturated rings. The van der Waals surface area contributed by atoms with E-state index in [1.807, 2.05) is 0 Å². The molecule has 2 amide bonds. The van der Waals surface area contributed by atoms with Crippen molar-refractivity contribution in [3.63, 3.8) is 0 Å². The summed E-state index contributed by atoms with van der Waals surface area (Å²) in [5.74, 6) is -0.765. The van der Waals surface area contributed by atoms with Gasteiger partial charge < -0.3 is 14.9 Å². The minimum atomic E-state index is -4.69. The van der Waals surface area contributed by atoms with Gasteiger partial charge in [-0.3, -0.25) is 9.59 Å². The normalized spacial score (nSPS) is 20.9. The van der Waals surface area contributed by atoms with Crippen molar-refractivity contribution >= 4 is 17.3 Å². The van der Waals surface area contributed by atoms with Gasteiger partial charge >= 0.3 is 6.18 Å². The van der Waals surface area contributed by atoms with Gasteiger partial charge in [0.15, 0.2) is 11.4 Å². The lowest BCUT2D eigenvalue weighted by Crippen LogP contribution is -2.43. The monoisotopic (exact) mass is 466 g/mol. The van der Waals surface area contributed by atoms with Crippen LogP contribution in [0.1, 0.15) is 73.6 Å². The van der Waals surface area contributed by atoms with Crippen LogP contribution in [0.3, 0.4) is 0 Å². The number of pyridine rings is 1. The number of aromatic nitrogens is 2. The smallest absolute Gasteiger partial charge is 0.433 e. The molecule has 2 saturated carbocycles. The molecule has 1 N–H and O–H groups in total. The van der Waals surface area contributed by atoms with E-state index in [-0.39, 0.29) is 29.9 Å². The van der Waals surface area contributed by atoms with Gasteiger partial charge in [0.25, 0.3) is 5.91 Å². The summed E-state index contributed by atoms with van der Waals surface area (Å²) in [6, 6.07) is 2.65. The molecule has 2 aromatic rings. The van der Waals surface area contributed by atoms with Crippen LogP contribution in [-0.2, 0) is 11.0 Å². The molecule has 0 radical (unpaired) electrons. The van der Waals surface area contributed by atoms with Gasteiger partial charge in [-0.05, 0) is 61.6 Å². The molecule has 0 aromatic carbocycles. The van der Waals surface area contributed by atoms with E-state index in [2.05, 4.69) is 12.0 Å². The molecule has 10 heteroatoms.